The number of nitrogens with one attached hydrogen (secondary N) is 1. The van der Waals surface area contributed by atoms with Gasteiger partial charge in [-0.15, -0.1) is 0 Å². The maximum Gasteiger partial charge on any atom is 0.317 e. The van der Waals surface area contributed by atoms with E-state index in [2.05, 4.69) is 11.6 Å². The minimum Gasteiger partial charge on any atom is -0.338 e. The van der Waals surface area contributed by atoms with Crippen LogP contribution in [-0.2, 0) is 0 Å². The quantitative estimate of drug-likeness (QED) is 0.669. The van der Waals surface area contributed by atoms with E-state index in [0.29, 0.717) is 0 Å². The SMILES string of the molecule is CCN(C)C(=O)NCCCCSC. The molecule has 0 unspecified atom stereocenters. The Hall–Kier alpha value is -0.380. The Morgan fingerprint density at radius 1 is 1.46 bits per heavy atom. The summed E-state index contributed by atoms with van der Waals surface area (Å²) >= 11 is 1.85. The van der Waals surface area contributed by atoms with E-state index in [4.69, 9.17) is 0 Å². The molecule has 0 heterocycles. The van der Waals surface area contributed by atoms with Crippen molar-refractivity contribution in [2.24, 2.45) is 0 Å². The van der Waals surface area contributed by atoms with Crippen molar-refractivity contribution < 1.29 is 4.79 Å². The molecule has 1 N–H and O–H groups in total. The Morgan fingerprint density at radius 2 is 2.15 bits per heavy atom. The van der Waals surface area contributed by atoms with Crippen molar-refractivity contribution in [3.8, 4) is 0 Å². The molecule has 0 saturated heterocycles. The van der Waals surface area contributed by atoms with Crippen LogP contribution in [0.25, 0.3) is 0 Å². The van der Waals surface area contributed by atoms with Crippen LogP contribution in [0.4, 0.5) is 4.79 Å². The molecule has 0 aliphatic carbocycles. The molecule has 0 aromatic rings. The van der Waals surface area contributed by atoms with Crippen LogP contribution in [0.3, 0.4) is 0 Å². The summed E-state index contributed by atoms with van der Waals surface area (Å²) in [7, 11) is 1.80. The molecule has 0 atom stereocenters. The van der Waals surface area contributed by atoms with E-state index in [1.165, 1.54) is 12.2 Å². The third kappa shape index (κ3) is 6.75. The molecule has 0 bridgehead atoms. The molecular weight excluding hydrogens is 184 g/mol. The minimum atomic E-state index is 0.0339. The first-order valence-electron chi connectivity index (χ1n) is 4.70. The number of carbonyl (C=O) groups is 1. The third-order valence-corrected chi connectivity index (χ3v) is 2.57. The summed E-state index contributed by atoms with van der Waals surface area (Å²) in [5, 5.41) is 2.87. The van der Waals surface area contributed by atoms with E-state index in [-0.39, 0.29) is 6.03 Å². The van der Waals surface area contributed by atoms with Crippen molar-refractivity contribution in [2.75, 3.05) is 32.1 Å². The molecule has 0 rings (SSSR count). The highest BCUT2D eigenvalue weighted by Gasteiger charge is 2.03. The van der Waals surface area contributed by atoms with E-state index in [9.17, 15) is 4.79 Å². The van der Waals surface area contributed by atoms with Crippen molar-refractivity contribution in [1.29, 1.82) is 0 Å². The molecular formula is C9H20N2OS. The van der Waals surface area contributed by atoms with Crippen molar-refractivity contribution in [2.45, 2.75) is 19.8 Å². The molecule has 0 fully saturated rings. The molecule has 78 valence electrons. The van der Waals surface area contributed by atoms with E-state index in [0.717, 1.165) is 19.5 Å². The Labute approximate surface area is 85.3 Å². The molecule has 0 spiro atoms. The lowest BCUT2D eigenvalue weighted by molar-refractivity contribution is 0.211. The van der Waals surface area contributed by atoms with Gasteiger partial charge in [0.2, 0.25) is 0 Å². The molecule has 0 saturated carbocycles. The first-order chi connectivity index (χ1) is 6.22. The second-order valence-corrected chi connectivity index (χ2v) is 3.93. The van der Waals surface area contributed by atoms with Crippen LogP contribution in [-0.4, -0.2) is 43.1 Å². The molecule has 4 heteroatoms. The number of hydrogen-bond acceptors (Lipinski definition) is 2. The lowest BCUT2D eigenvalue weighted by Gasteiger charge is -2.15. The van der Waals surface area contributed by atoms with Crippen molar-refractivity contribution >= 4 is 17.8 Å². The molecule has 0 radical (unpaired) electrons. The second-order valence-electron chi connectivity index (χ2n) is 2.95. The predicted octanol–water partition coefficient (Wildman–Crippen LogP) is 1.79. The van der Waals surface area contributed by atoms with Gasteiger partial charge in [0.25, 0.3) is 0 Å². The van der Waals surface area contributed by atoms with Gasteiger partial charge >= 0.3 is 6.03 Å². The van der Waals surface area contributed by atoms with E-state index in [1.54, 1.807) is 11.9 Å². The van der Waals surface area contributed by atoms with Crippen molar-refractivity contribution in [1.82, 2.24) is 10.2 Å². The highest BCUT2D eigenvalue weighted by Crippen LogP contribution is 1.97. The zero-order chi connectivity index (χ0) is 10.1. The second kappa shape index (κ2) is 8.23. The maximum atomic E-state index is 11.2. The number of nitrogens with zero attached hydrogens (tertiary/aromatic N) is 1. The normalized spacial score (nSPS) is 9.77. The van der Waals surface area contributed by atoms with Crippen LogP contribution >= 0.6 is 11.8 Å². The average Bonchev–Trinajstić information content (AvgIpc) is 2.16. The van der Waals surface area contributed by atoms with Gasteiger partial charge in [-0.2, -0.15) is 11.8 Å². The summed E-state index contributed by atoms with van der Waals surface area (Å²) in [4.78, 5) is 12.9. The summed E-state index contributed by atoms with van der Waals surface area (Å²) in [6.45, 7) is 3.52. The van der Waals surface area contributed by atoms with Gasteiger partial charge in [0, 0.05) is 20.1 Å². The number of carbonyl (C=O) groups excluding carboxylic acids is 1. The Morgan fingerprint density at radius 3 is 2.69 bits per heavy atom. The van der Waals surface area contributed by atoms with E-state index < -0.39 is 0 Å². The van der Waals surface area contributed by atoms with Gasteiger partial charge in [0.05, 0.1) is 0 Å². The van der Waals surface area contributed by atoms with Crippen molar-refractivity contribution in [3.05, 3.63) is 0 Å². The Balaban J connectivity index is 3.27. The average molecular weight is 204 g/mol. The molecule has 0 aromatic carbocycles. The molecule has 0 aromatic heterocycles. The van der Waals surface area contributed by atoms with Gasteiger partial charge in [-0.3, -0.25) is 0 Å². The summed E-state index contributed by atoms with van der Waals surface area (Å²) < 4.78 is 0. The predicted molar refractivity (Wildman–Crippen MR) is 59.3 cm³/mol. The Bertz CT molecular complexity index is 142. The minimum absolute atomic E-state index is 0.0339. The highest BCUT2D eigenvalue weighted by molar-refractivity contribution is 7.98. The first-order valence-corrected chi connectivity index (χ1v) is 6.09. The standard InChI is InChI=1S/C9H20N2OS/c1-4-11(2)9(12)10-7-5-6-8-13-3/h4-8H2,1-3H3,(H,10,12). The number of thioether (sulfide) groups is 1. The van der Waals surface area contributed by atoms with Crippen molar-refractivity contribution in [3.63, 3.8) is 0 Å². The van der Waals surface area contributed by atoms with Gasteiger partial charge in [-0.25, -0.2) is 4.79 Å². The lowest BCUT2D eigenvalue weighted by atomic mass is 10.3. The molecule has 3 nitrogen and oxygen atoms in total. The third-order valence-electron chi connectivity index (χ3n) is 1.87. The highest BCUT2D eigenvalue weighted by atomic mass is 32.2. The van der Waals surface area contributed by atoms with Crippen LogP contribution < -0.4 is 5.32 Å². The molecule has 2 amide bonds. The van der Waals surface area contributed by atoms with Gasteiger partial charge < -0.3 is 10.2 Å². The number of unbranched alkanes of at least 4 members (excludes halogenated alkanes) is 1. The number of urea groups is 1. The fourth-order valence-corrected chi connectivity index (χ4v) is 1.34. The smallest absolute Gasteiger partial charge is 0.317 e. The molecule has 13 heavy (non-hydrogen) atoms. The van der Waals surface area contributed by atoms with Crippen LogP contribution in [0, 0.1) is 0 Å². The lowest BCUT2D eigenvalue weighted by Crippen LogP contribution is -2.37. The van der Waals surface area contributed by atoms with E-state index >= 15 is 0 Å². The molecule has 0 aliphatic heterocycles. The summed E-state index contributed by atoms with van der Waals surface area (Å²) in [5.74, 6) is 1.18. The van der Waals surface area contributed by atoms with Crippen LogP contribution in [0.5, 0.6) is 0 Å². The van der Waals surface area contributed by atoms with Gasteiger partial charge in [-0.1, -0.05) is 0 Å². The zero-order valence-corrected chi connectivity index (χ0v) is 9.62. The monoisotopic (exact) mass is 204 g/mol. The van der Waals surface area contributed by atoms with Gasteiger partial charge in [0.1, 0.15) is 0 Å². The molecule has 0 aliphatic rings. The zero-order valence-electron chi connectivity index (χ0n) is 8.80. The van der Waals surface area contributed by atoms with Crippen LogP contribution in [0.15, 0.2) is 0 Å². The topological polar surface area (TPSA) is 32.3 Å². The fourth-order valence-electron chi connectivity index (χ4n) is 0.845. The summed E-state index contributed by atoms with van der Waals surface area (Å²) in [5.41, 5.74) is 0. The number of hydrogen-bond donors (Lipinski definition) is 1. The largest absolute Gasteiger partial charge is 0.338 e. The Kier molecular flexibility index (Phi) is 7.99. The number of rotatable bonds is 6. The van der Waals surface area contributed by atoms with E-state index in [1.807, 2.05) is 18.7 Å². The van der Waals surface area contributed by atoms with Gasteiger partial charge in [0.15, 0.2) is 0 Å². The summed E-state index contributed by atoms with van der Waals surface area (Å²) in [6.07, 6.45) is 4.35. The fraction of sp³-hybridized carbons (Fsp3) is 0.889. The summed E-state index contributed by atoms with van der Waals surface area (Å²) in [6, 6.07) is 0.0339. The maximum absolute atomic E-state index is 11.2. The van der Waals surface area contributed by atoms with Gasteiger partial charge in [-0.05, 0) is 31.8 Å². The number of amides is 2. The first kappa shape index (κ1) is 12.6. The van der Waals surface area contributed by atoms with Crippen LogP contribution in [0.2, 0.25) is 0 Å². The van der Waals surface area contributed by atoms with Crippen LogP contribution in [0.1, 0.15) is 19.8 Å².